The first-order valence-corrected chi connectivity index (χ1v) is 14.7. The van der Waals surface area contributed by atoms with Crippen LogP contribution in [0.25, 0.3) is 0 Å². The fourth-order valence-electron chi connectivity index (χ4n) is 6.37. The third-order valence-corrected chi connectivity index (χ3v) is 8.73. The van der Waals surface area contributed by atoms with E-state index in [-0.39, 0.29) is 47.1 Å². The number of benzene rings is 3. The molecule has 0 bridgehead atoms. The average molecular weight is 635 g/mol. The molecule has 46 heavy (non-hydrogen) atoms. The van der Waals surface area contributed by atoms with Crippen LogP contribution in [0.2, 0.25) is 0 Å². The van der Waals surface area contributed by atoms with E-state index < -0.39 is 77.6 Å². The number of fused-ring (bicyclic) bond motifs is 3. The molecule has 6 rings (SSSR count). The number of anilines is 1. The monoisotopic (exact) mass is 634 g/mol. The number of amides is 1. The summed E-state index contributed by atoms with van der Waals surface area (Å²) in [5.74, 6) is -1.93. The van der Waals surface area contributed by atoms with Gasteiger partial charge in [0.1, 0.15) is 29.5 Å². The van der Waals surface area contributed by atoms with Crippen molar-refractivity contribution in [3.05, 3.63) is 81.9 Å². The van der Waals surface area contributed by atoms with Crippen LogP contribution in [-0.2, 0) is 20.6 Å². The summed E-state index contributed by atoms with van der Waals surface area (Å²) in [5, 5.41) is 47.7. The first-order valence-electron chi connectivity index (χ1n) is 14.7. The molecule has 1 heterocycles. The minimum absolute atomic E-state index is 0.0138. The molecule has 3 aromatic rings. The Morgan fingerprint density at radius 2 is 1.67 bits per heavy atom. The smallest absolute Gasteiger partial charge is 0.411 e. The van der Waals surface area contributed by atoms with Crippen LogP contribution in [0.4, 0.5) is 10.5 Å². The lowest BCUT2D eigenvalue weighted by atomic mass is 9.73. The fourth-order valence-corrected chi connectivity index (χ4v) is 6.37. The lowest BCUT2D eigenvalue weighted by Crippen LogP contribution is -2.52. The van der Waals surface area contributed by atoms with Gasteiger partial charge in [-0.1, -0.05) is 24.3 Å². The quantitative estimate of drug-likeness (QED) is 0.169. The van der Waals surface area contributed by atoms with Crippen molar-refractivity contribution in [2.45, 2.75) is 62.4 Å². The molecule has 6 atom stereocenters. The van der Waals surface area contributed by atoms with Crippen molar-refractivity contribution >= 4 is 23.3 Å². The Balaban J connectivity index is 1.35. The molecule has 1 unspecified atom stereocenters. The summed E-state index contributed by atoms with van der Waals surface area (Å²) in [6.07, 6.45) is -5.36. The predicted molar refractivity (Wildman–Crippen MR) is 161 cm³/mol. The Morgan fingerprint density at radius 1 is 1.04 bits per heavy atom. The number of carbonyl (C=O) groups excluding carboxylic acids is 3. The van der Waals surface area contributed by atoms with Gasteiger partial charge in [-0.05, 0) is 31.2 Å². The van der Waals surface area contributed by atoms with Crippen LogP contribution in [0.5, 0.6) is 17.2 Å². The van der Waals surface area contributed by atoms with Gasteiger partial charge < -0.3 is 45.1 Å². The number of nitrogens with two attached hydrogens (primary N) is 1. The molecule has 0 spiro atoms. The minimum Gasteiger partial charge on any atom is -0.507 e. The van der Waals surface area contributed by atoms with Crippen molar-refractivity contribution in [2.24, 2.45) is 5.73 Å². The molecule has 1 amide bonds. The maximum absolute atomic E-state index is 13.6. The fraction of sp³-hybridized carbons (Fsp3) is 0.364. The summed E-state index contributed by atoms with van der Waals surface area (Å²) in [4.78, 5) is 39.8. The summed E-state index contributed by atoms with van der Waals surface area (Å²) in [6, 6.07) is 11.8. The van der Waals surface area contributed by atoms with E-state index in [1.165, 1.54) is 19.2 Å². The first-order chi connectivity index (χ1) is 21.9. The minimum atomic E-state index is -1.87. The van der Waals surface area contributed by atoms with Gasteiger partial charge in [-0.15, -0.1) is 0 Å². The van der Waals surface area contributed by atoms with Crippen LogP contribution in [0, 0.1) is 0 Å². The first kappa shape index (κ1) is 31.5. The Bertz CT molecular complexity index is 1700. The number of phenols is 2. The molecule has 1 aliphatic heterocycles. The van der Waals surface area contributed by atoms with E-state index >= 15 is 0 Å². The van der Waals surface area contributed by atoms with Crippen LogP contribution in [0.3, 0.4) is 0 Å². The summed E-state index contributed by atoms with van der Waals surface area (Å²) in [6.45, 7) is 1.04. The number of nitrogens with one attached hydrogen (secondary N) is 1. The number of hydrogen-bond acceptors (Lipinski definition) is 12. The highest BCUT2D eigenvalue weighted by Crippen LogP contribution is 2.52. The highest BCUT2D eigenvalue weighted by atomic mass is 16.7. The number of methoxy groups -OCH3 is 1. The van der Waals surface area contributed by atoms with Crippen molar-refractivity contribution < 1.29 is 53.8 Å². The van der Waals surface area contributed by atoms with E-state index in [1.54, 1.807) is 43.3 Å². The largest absolute Gasteiger partial charge is 0.507 e. The van der Waals surface area contributed by atoms with E-state index in [9.17, 15) is 34.8 Å². The van der Waals surface area contributed by atoms with Crippen molar-refractivity contribution in [1.29, 1.82) is 0 Å². The summed E-state index contributed by atoms with van der Waals surface area (Å²) < 4.78 is 22.5. The second-order valence-corrected chi connectivity index (χ2v) is 11.9. The number of hydrogen-bond donors (Lipinski definition) is 6. The molecular formula is C33H34N2O11. The number of ketones is 2. The molecule has 3 aromatic carbocycles. The number of aromatic hydroxyl groups is 2. The summed E-state index contributed by atoms with van der Waals surface area (Å²) in [5.41, 5.74) is 3.93. The Kier molecular flexibility index (Phi) is 8.21. The van der Waals surface area contributed by atoms with E-state index in [0.29, 0.717) is 11.4 Å². The second kappa shape index (κ2) is 12.0. The molecule has 242 valence electrons. The van der Waals surface area contributed by atoms with Gasteiger partial charge >= 0.3 is 6.09 Å². The van der Waals surface area contributed by atoms with Gasteiger partial charge in [-0.25, -0.2) is 4.79 Å². The van der Waals surface area contributed by atoms with Gasteiger partial charge in [0.05, 0.1) is 36.5 Å². The van der Waals surface area contributed by atoms with Crippen LogP contribution in [0.15, 0.2) is 48.5 Å². The maximum Gasteiger partial charge on any atom is 0.411 e. The maximum atomic E-state index is 13.6. The molecule has 1 saturated heterocycles. The number of rotatable bonds is 6. The van der Waals surface area contributed by atoms with Crippen molar-refractivity contribution in [1.82, 2.24) is 0 Å². The molecule has 0 radical (unpaired) electrons. The summed E-state index contributed by atoms with van der Waals surface area (Å²) in [7, 11) is 1.51. The van der Waals surface area contributed by atoms with Crippen molar-refractivity contribution in [2.75, 3.05) is 19.0 Å². The molecule has 0 aromatic heterocycles. The van der Waals surface area contributed by atoms with Gasteiger partial charge in [0.2, 0.25) is 0 Å². The van der Waals surface area contributed by atoms with Gasteiger partial charge in [0.25, 0.3) is 0 Å². The van der Waals surface area contributed by atoms with E-state index in [2.05, 4.69) is 5.32 Å². The number of phenolic OH excluding ortho intramolecular Hbond substituents is 2. The van der Waals surface area contributed by atoms with Gasteiger partial charge in [0, 0.05) is 53.2 Å². The zero-order valence-electron chi connectivity index (χ0n) is 25.1. The molecule has 13 heteroatoms. The normalized spacial score (nSPS) is 26.8. The van der Waals surface area contributed by atoms with Crippen LogP contribution < -0.4 is 15.8 Å². The molecule has 2 aliphatic carbocycles. The Labute approximate surface area is 263 Å². The second-order valence-electron chi connectivity index (χ2n) is 11.9. The van der Waals surface area contributed by atoms with E-state index in [4.69, 9.17) is 24.7 Å². The zero-order valence-corrected chi connectivity index (χ0v) is 25.1. The highest BCUT2D eigenvalue weighted by Gasteiger charge is 2.48. The van der Waals surface area contributed by atoms with Gasteiger partial charge in [-0.3, -0.25) is 14.9 Å². The number of aliphatic hydroxyl groups is 2. The Hall–Kier alpha value is -4.53. The van der Waals surface area contributed by atoms with Crippen molar-refractivity contribution in [3.63, 3.8) is 0 Å². The summed E-state index contributed by atoms with van der Waals surface area (Å²) >= 11 is 0. The number of aliphatic hydroxyl groups excluding tert-OH is 1. The molecule has 0 saturated carbocycles. The third kappa shape index (κ3) is 5.56. The van der Waals surface area contributed by atoms with E-state index in [1.807, 2.05) is 0 Å². The number of ether oxygens (including phenoxy) is 4. The van der Waals surface area contributed by atoms with E-state index in [0.717, 1.165) is 0 Å². The topological polar surface area (TPSA) is 207 Å². The van der Waals surface area contributed by atoms with Crippen LogP contribution >= 0.6 is 0 Å². The standard InChI is InChI=1S/C33H34N2O11/c1-15-27(36)21(34)11-23(45-15)46-22-13-33(42,14-44-32(41)35-16-7-9-17(43-2)10-8-16)12-20-24(22)31(40)26-25(30(20)39)28(37)18-5-3-4-6-19(18)29(26)38/h3-10,15,21-23,27,36,39-40,42H,11-14,34H2,1-2H3,(H,35,41)/t15-,21+,22+,23+,27+,33?/m1/s1. The van der Waals surface area contributed by atoms with Crippen LogP contribution in [-0.4, -0.2) is 81.9 Å². The number of carbonyl (C=O) groups is 3. The molecule has 7 N–H and O–H groups in total. The molecule has 1 fully saturated rings. The highest BCUT2D eigenvalue weighted by molar-refractivity contribution is 6.30. The predicted octanol–water partition coefficient (Wildman–Crippen LogP) is 2.69. The third-order valence-electron chi connectivity index (χ3n) is 8.73. The molecule has 13 nitrogen and oxygen atoms in total. The van der Waals surface area contributed by atoms with Gasteiger partial charge in [-0.2, -0.15) is 0 Å². The lowest BCUT2D eigenvalue weighted by molar-refractivity contribution is -0.248. The Morgan fingerprint density at radius 3 is 2.28 bits per heavy atom. The lowest BCUT2D eigenvalue weighted by Gasteiger charge is -2.42. The molecular weight excluding hydrogens is 600 g/mol. The van der Waals surface area contributed by atoms with Gasteiger partial charge in [0.15, 0.2) is 17.9 Å². The zero-order chi connectivity index (χ0) is 32.9. The SMILES string of the molecule is COc1ccc(NC(=O)OCC2(O)Cc3c(O)c4c(c(O)c3[C@@H](O[C@H]3C[C@H](N)[C@@H](O)[C@@H](C)O3)C2)C(=O)c2ccccc2C4=O)cc1. The van der Waals surface area contributed by atoms with Crippen LogP contribution in [0.1, 0.15) is 68.8 Å². The average Bonchev–Trinajstić information content (AvgIpc) is 3.03. The van der Waals surface area contributed by atoms with Crippen molar-refractivity contribution in [3.8, 4) is 17.2 Å². The molecule has 3 aliphatic rings.